The second kappa shape index (κ2) is 5.79. The van der Waals surface area contributed by atoms with E-state index in [0.717, 1.165) is 16.7 Å². The van der Waals surface area contributed by atoms with E-state index in [0.29, 0.717) is 22.2 Å². The van der Waals surface area contributed by atoms with Crippen LogP contribution in [0.4, 0.5) is 0 Å². The number of fused-ring (bicyclic) bond motifs is 2. The highest BCUT2D eigenvalue weighted by atomic mass is 79.9. The summed E-state index contributed by atoms with van der Waals surface area (Å²) >= 11 is 3.41. The molecule has 1 aliphatic heterocycles. The number of aromatic nitrogens is 2. The first-order chi connectivity index (χ1) is 11.7. The Labute approximate surface area is 146 Å². The third-order valence-electron chi connectivity index (χ3n) is 4.04. The zero-order valence-electron chi connectivity index (χ0n) is 12.6. The SMILES string of the molecule is O=C1c2ccccc2C(=O)N1Cc1nc2ccccc2nc1CBr. The van der Waals surface area contributed by atoms with Crippen molar-refractivity contribution in [2.75, 3.05) is 0 Å². The summed E-state index contributed by atoms with van der Waals surface area (Å²) in [7, 11) is 0. The minimum absolute atomic E-state index is 0.116. The van der Waals surface area contributed by atoms with E-state index in [4.69, 9.17) is 0 Å². The molecule has 0 saturated carbocycles. The fourth-order valence-electron chi connectivity index (χ4n) is 2.84. The molecule has 24 heavy (non-hydrogen) atoms. The molecule has 118 valence electrons. The summed E-state index contributed by atoms with van der Waals surface area (Å²) < 4.78 is 0. The highest BCUT2D eigenvalue weighted by Gasteiger charge is 2.35. The second-order valence-electron chi connectivity index (χ2n) is 5.48. The van der Waals surface area contributed by atoms with Gasteiger partial charge in [-0.25, -0.2) is 9.97 Å². The monoisotopic (exact) mass is 381 g/mol. The Kier molecular flexibility index (Phi) is 3.61. The Hall–Kier alpha value is -2.60. The summed E-state index contributed by atoms with van der Waals surface area (Å²) in [6, 6.07) is 14.4. The lowest BCUT2D eigenvalue weighted by molar-refractivity contribution is 0.0640. The molecule has 0 saturated heterocycles. The van der Waals surface area contributed by atoms with E-state index in [1.165, 1.54) is 4.90 Å². The predicted octanol–water partition coefficient (Wildman–Crippen LogP) is 3.32. The predicted molar refractivity (Wildman–Crippen MR) is 92.8 cm³/mol. The van der Waals surface area contributed by atoms with Crippen LogP contribution in [0.25, 0.3) is 11.0 Å². The molecule has 1 aliphatic rings. The number of benzene rings is 2. The molecule has 0 atom stereocenters. The van der Waals surface area contributed by atoms with Crippen LogP contribution in [0.2, 0.25) is 0 Å². The Morgan fingerprint density at radius 1 is 0.792 bits per heavy atom. The molecule has 0 fully saturated rings. The van der Waals surface area contributed by atoms with Crippen molar-refractivity contribution in [3.05, 3.63) is 71.0 Å². The molecule has 0 aliphatic carbocycles. The average molecular weight is 382 g/mol. The number of carbonyl (C=O) groups is 2. The van der Waals surface area contributed by atoms with Gasteiger partial charge in [-0.1, -0.05) is 40.2 Å². The molecular formula is C18H12BrN3O2. The average Bonchev–Trinajstić information content (AvgIpc) is 2.86. The smallest absolute Gasteiger partial charge is 0.261 e. The summed E-state index contributed by atoms with van der Waals surface area (Å²) in [6.45, 7) is 0.116. The van der Waals surface area contributed by atoms with Crippen molar-refractivity contribution in [3.8, 4) is 0 Å². The number of alkyl halides is 1. The molecule has 0 unspecified atom stereocenters. The maximum Gasteiger partial charge on any atom is 0.261 e. The molecule has 2 heterocycles. The Bertz CT molecular complexity index is 952. The van der Waals surface area contributed by atoms with Gasteiger partial charge in [-0.3, -0.25) is 14.5 Å². The zero-order chi connectivity index (χ0) is 16.7. The van der Waals surface area contributed by atoms with Crippen LogP contribution in [-0.2, 0) is 11.9 Å². The van der Waals surface area contributed by atoms with Gasteiger partial charge in [-0.05, 0) is 24.3 Å². The zero-order valence-corrected chi connectivity index (χ0v) is 14.2. The number of halogens is 1. The molecule has 3 aromatic rings. The molecule has 2 aromatic carbocycles. The van der Waals surface area contributed by atoms with Crippen molar-refractivity contribution in [1.82, 2.24) is 14.9 Å². The fraction of sp³-hybridized carbons (Fsp3) is 0.111. The van der Waals surface area contributed by atoms with Crippen molar-refractivity contribution in [2.45, 2.75) is 11.9 Å². The van der Waals surface area contributed by atoms with Crippen LogP contribution in [0, 0.1) is 0 Å². The quantitative estimate of drug-likeness (QED) is 0.515. The van der Waals surface area contributed by atoms with Crippen molar-refractivity contribution in [2.24, 2.45) is 0 Å². The standard InChI is InChI=1S/C18H12BrN3O2/c19-9-15-16(21-14-8-4-3-7-13(14)20-15)10-22-17(23)11-5-1-2-6-12(11)18(22)24/h1-8H,9-10H2. The fourth-order valence-corrected chi connectivity index (χ4v) is 3.29. The van der Waals surface area contributed by atoms with Crippen LogP contribution in [0.1, 0.15) is 32.1 Å². The van der Waals surface area contributed by atoms with Crippen molar-refractivity contribution in [1.29, 1.82) is 0 Å². The van der Waals surface area contributed by atoms with E-state index in [1.54, 1.807) is 24.3 Å². The lowest BCUT2D eigenvalue weighted by Gasteiger charge is -2.15. The van der Waals surface area contributed by atoms with Gasteiger partial charge in [0, 0.05) is 5.33 Å². The molecule has 2 amide bonds. The lowest BCUT2D eigenvalue weighted by Crippen LogP contribution is -2.30. The van der Waals surface area contributed by atoms with Crippen LogP contribution in [0.15, 0.2) is 48.5 Å². The highest BCUT2D eigenvalue weighted by Crippen LogP contribution is 2.25. The molecule has 4 rings (SSSR count). The first-order valence-corrected chi connectivity index (χ1v) is 8.57. The van der Waals surface area contributed by atoms with Crippen LogP contribution < -0.4 is 0 Å². The number of hydrogen-bond acceptors (Lipinski definition) is 4. The van der Waals surface area contributed by atoms with Crippen molar-refractivity contribution in [3.63, 3.8) is 0 Å². The Morgan fingerprint density at radius 2 is 1.29 bits per heavy atom. The van der Waals surface area contributed by atoms with Gasteiger partial charge in [0.2, 0.25) is 0 Å². The Morgan fingerprint density at radius 3 is 1.83 bits per heavy atom. The molecular weight excluding hydrogens is 370 g/mol. The van der Waals surface area contributed by atoms with Crippen LogP contribution in [-0.4, -0.2) is 26.7 Å². The molecule has 5 nitrogen and oxygen atoms in total. The van der Waals surface area contributed by atoms with Gasteiger partial charge in [0.05, 0.1) is 40.1 Å². The molecule has 6 heteroatoms. The molecule has 0 radical (unpaired) electrons. The topological polar surface area (TPSA) is 63.2 Å². The van der Waals surface area contributed by atoms with Gasteiger partial charge in [0.25, 0.3) is 11.8 Å². The normalized spacial score (nSPS) is 13.6. The minimum Gasteiger partial charge on any atom is -0.269 e. The van der Waals surface area contributed by atoms with Crippen LogP contribution in [0.3, 0.4) is 0 Å². The van der Waals surface area contributed by atoms with Gasteiger partial charge in [0.1, 0.15) is 0 Å². The van der Waals surface area contributed by atoms with E-state index >= 15 is 0 Å². The summed E-state index contributed by atoms with van der Waals surface area (Å²) in [4.78, 5) is 35.5. The van der Waals surface area contributed by atoms with Gasteiger partial charge >= 0.3 is 0 Å². The molecule has 1 aromatic heterocycles. The van der Waals surface area contributed by atoms with E-state index in [9.17, 15) is 9.59 Å². The van der Waals surface area contributed by atoms with Crippen molar-refractivity contribution < 1.29 is 9.59 Å². The summed E-state index contributed by atoms with van der Waals surface area (Å²) in [5.41, 5.74) is 3.77. The number of amides is 2. The maximum absolute atomic E-state index is 12.5. The number of carbonyl (C=O) groups excluding carboxylic acids is 2. The number of nitrogens with zero attached hydrogens (tertiary/aromatic N) is 3. The van der Waals surface area contributed by atoms with E-state index in [-0.39, 0.29) is 18.4 Å². The van der Waals surface area contributed by atoms with Gasteiger partial charge in [0.15, 0.2) is 0 Å². The maximum atomic E-state index is 12.5. The van der Waals surface area contributed by atoms with Crippen molar-refractivity contribution >= 4 is 38.8 Å². The summed E-state index contributed by atoms with van der Waals surface area (Å²) in [5.74, 6) is -0.572. The molecule has 0 N–H and O–H groups in total. The number of imide groups is 1. The van der Waals surface area contributed by atoms with Crippen LogP contribution >= 0.6 is 15.9 Å². The van der Waals surface area contributed by atoms with Crippen LogP contribution in [0.5, 0.6) is 0 Å². The largest absolute Gasteiger partial charge is 0.269 e. The number of para-hydroxylation sites is 2. The van der Waals surface area contributed by atoms with E-state index in [1.807, 2.05) is 24.3 Å². The van der Waals surface area contributed by atoms with E-state index < -0.39 is 0 Å². The van der Waals surface area contributed by atoms with E-state index in [2.05, 4.69) is 25.9 Å². The number of hydrogen-bond donors (Lipinski definition) is 0. The second-order valence-corrected chi connectivity index (χ2v) is 6.04. The first-order valence-electron chi connectivity index (χ1n) is 7.45. The molecule has 0 spiro atoms. The minimum atomic E-state index is -0.286. The van der Waals surface area contributed by atoms with Gasteiger partial charge in [-0.15, -0.1) is 0 Å². The lowest BCUT2D eigenvalue weighted by atomic mass is 10.1. The third kappa shape index (κ3) is 2.30. The summed E-state index contributed by atoms with van der Waals surface area (Å²) in [6.07, 6.45) is 0. The Balaban J connectivity index is 1.75. The number of rotatable bonds is 3. The van der Waals surface area contributed by atoms with Gasteiger partial charge < -0.3 is 0 Å². The molecule has 0 bridgehead atoms. The highest BCUT2D eigenvalue weighted by molar-refractivity contribution is 9.08. The first kappa shape index (κ1) is 15.0. The third-order valence-corrected chi connectivity index (χ3v) is 4.57. The van der Waals surface area contributed by atoms with Gasteiger partial charge in [-0.2, -0.15) is 0 Å². The summed E-state index contributed by atoms with van der Waals surface area (Å²) in [5, 5.41) is 0.503.